The van der Waals surface area contributed by atoms with Gasteiger partial charge in [-0.3, -0.25) is 4.79 Å². The number of thiocarbonyl (C=S) groups is 1. The highest BCUT2D eigenvalue weighted by Gasteiger charge is 2.00. The highest BCUT2D eigenvalue weighted by Crippen LogP contribution is 1.90. The molecule has 56 valence electrons. The zero-order valence-corrected chi connectivity index (χ0v) is 7.21. The van der Waals surface area contributed by atoms with E-state index in [1.807, 2.05) is 6.92 Å². The molecule has 0 saturated carbocycles. The van der Waals surface area contributed by atoms with Crippen molar-refractivity contribution in [2.45, 2.75) is 20.8 Å². The highest BCUT2D eigenvalue weighted by molar-refractivity contribution is 7.80. The van der Waals surface area contributed by atoms with Gasteiger partial charge in [-0.15, -0.1) is 0 Å². The number of hydrogen-bond acceptors (Lipinski definition) is 2. The van der Waals surface area contributed by atoms with Crippen LogP contribution < -0.4 is 5.32 Å². The molecule has 0 aromatic rings. The fourth-order valence-electron chi connectivity index (χ4n) is 0.390. The van der Waals surface area contributed by atoms with E-state index in [-0.39, 0.29) is 5.91 Å². The number of allylic oxidation sites excluding steroid dienone is 1. The lowest BCUT2D eigenvalue weighted by molar-refractivity contribution is -0.116. The molecule has 0 aliphatic heterocycles. The SMILES string of the molecule is C/C=C(/C)C(=O)NC(C)=S. The first-order valence-electron chi connectivity index (χ1n) is 3.02. The molecule has 0 atom stereocenters. The van der Waals surface area contributed by atoms with Gasteiger partial charge in [0.05, 0.1) is 4.99 Å². The van der Waals surface area contributed by atoms with Crippen molar-refractivity contribution in [3.8, 4) is 0 Å². The summed E-state index contributed by atoms with van der Waals surface area (Å²) in [6, 6.07) is 0. The molecule has 0 aliphatic carbocycles. The summed E-state index contributed by atoms with van der Waals surface area (Å²) in [7, 11) is 0. The van der Waals surface area contributed by atoms with Gasteiger partial charge in [-0.2, -0.15) is 0 Å². The van der Waals surface area contributed by atoms with Crippen molar-refractivity contribution in [3.63, 3.8) is 0 Å². The first-order valence-corrected chi connectivity index (χ1v) is 3.43. The standard InChI is InChI=1S/C7H11NOS/c1-4-5(2)7(9)8-6(3)10/h4H,1-3H3,(H,8,9,10)/b5-4-. The molecule has 0 fully saturated rings. The Morgan fingerprint density at radius 3 is 2.30 bits per heavy atom. The van der Waals surface area contributed by atoms with Gasteiger partial charge in [-0.25, -0.2) is 0 Å². The predicted octanol–water partition coefficient (Wildman–Crippen LogP) is 1.42. The second kappa shape index (κ2) is 4.17. The average molecular weight is 157 g/mol. The quantitative estimate of drug-likeness (QED) is 0.460. The number of amides is 1. The van der Waals surface area contributed by atoms with Crippen LogP contribution in [0.15, 0.2) is 11.6 Å². The highest BCUT2D eigenvalue weighted by atomic mass is 32.1. The van der Waals surface area contributed by atoms with E-state index in [0.29, 0.717) is 10.6 Å². The monoisotopic (exact) mass is 157 g/mol. The van der Waals surface area contributed by atoms with Crippen molar-refractivity contribution in [2.75, 3.05) is 0 Å². The molecular weight excluding hydrogens is 146 g/mol. The zero-order valence-electron chi connectivity index (χ0n) is 6.39. The van der Waals surface area contributed by atoms with E-state index >= 15 is 0 Å². The predicted molar refractivity (Wildman–Crippen MR) is 45.8 cm³/mol. The lowest BCUT2D eigenvalue weighted by Crippen LogP contribution is -2.27. The second-order valence-electron chi connectivity index (χ2n) is 1.98. The Hall–Kier alpha value is -0.700. The molecule has 1 amide bonds. The summed E-state index contributed by atoms with van der Waals surface area (Å²) in [5.74, 6) is -0.116. The Balaban J connectivity index is 3.99. The number of carbonyl (C=O) groups is 1. The number of rotatable bonds is 1. The van der Waals surface area contributed by atoms with Crippen molar-refractivity contribution in [2.24, 2.45) is 0 Å². The molecule has 2 nitrogen and oxygen atoms in total. The molecule has 0 heterocycles. The molecule has 3 heteroatoms. The van der Waals surface area contributed by atoms with Gasteiger partial charge in [0.25, 0.3) is 5.91 Å². The van der Waals surface area contributed by atoms with Gasteiger partial charge >= 0.3 is 0 Å². The van der Waals surface area contributed by atoms with Gasteiger partial charge in [0.2, 0.25) is 0 Å². The molecule has 0 aromatic heterocycles. The third-order valence-corrected chi connectivity index (χ3v) is 1.18. The van der Waals surface area contributed by atoms with Gasteiger partial charge in [0, 0.05) is 5.57 Å². The van der Waals surface area contributed by atoms with Crippen LogP contribution in [0.5, 0.6) is 0 Å². The summed E-state index contributed by atoms with van der Waals surface area (Å²) in [5, 5.41) is 2.52. The van der Waals surface area contributed by atoms with E-state index in [1.54, 1.807) is 19.9 Å². The van der Waals surface area contributed by atoms with Crippen molar-refractivity contribution in [3.05, 3.63) is 11.6 Å². The third kappa shape index (κ3) is 3.35. The normalized spacial score (nSPS) is 10.9. The Morgan fingerprint density at radius 2 is 2.00 bits per heavy atom. The molecule has 0 rings (SSSR count). The Bertz CT molecular complexity index is 184. The van der Waals surface area contributed by atoms with Gasteiger partial charge in [-0.05, 0) is 20.8 Å². The molecule has 10 heavy (non-hydrogen) atoms. The van der Waals surface area contributed by atoms with Crippen LogP contribution in [0.2, 0.25) is 0 Å². The molecule has 0 bridgehead atoms. The van der Waals surface area contributed by atoms with Crippen LogP contribution in [0.25, 0.3) is 0 Å². The molecule has 0 radical (unpaired) electrons. The van der Waals surface area contributed by atoms with E-state index < -0.39 is 0 Å². The van der Waals surface area contributed by atoms with Crippen LogP contribution in [0.4, 0.5) is 0 Å². The van der Waals surface area contributed by atoms with Crippen LogP contribution in [0.1, 0.15) is 20.8 Å². The molecule has 1 N–H and O–H groups in total. The fourth-order valence-corrected chi connectivity index (χ4v) is 0.482. The Kier molecular flexibility index (Phi) is 3.88. The second-order valence-corrected chi connectivity index (χ2v) is 2.59. The molecule has 0 saturated heterocycles. The average Bonchev–Trinajstić information content (AvgIpc) is 1.85. The smallest absolute Gasteiger partial charge is 0.251 e. The van der Waals surface area contributed by atoms with Crippen LogP contribution in [0.3, 0.4) is 0 Å². The molecular formula is C7H11NOS. The lowest BCUT2D eigenvalue weighted by atomic mass is 10.3. The first-order chi connectivity index (χ1) is 4.57. The lowest BCUT2D eigenvalue weighted by Gasteiger charge is -2.00. The fraction of sp³-hybridized carbons (Fsp3) is 0.429. The molecule has 0 unspecified atom stereocenters. The van der Waals surface area contributed by atoms with Crippen LogP contribution in [-0.4, -0.2) is 10.9 Å². The summed E-state index contributed by atoms with van der Waals surface area (Å²) in [4.78, 5) is 11.4. The van der Waals surface area contributed by atoms with Crippen LogP contribution in [0, 0.1) is 0 Å². The third-order valence-electron chi connectivity index (χ3n) is 1.08. The van der Waals surface area contributed by atoms with E-state index in [2.05, 4.69) is 17.5 Å². The van der Waals surface area contributed by atoms with Gasteiger partial charge in [0.15, 0.2) is 0 Å². The topological polar surface area (TPSA) is 29.1 Å². The minimum Gasteiger partial charge on any atom is -0.317 e. The molecule has 0 aliphatic rings. The van der Waals surface area contributed by atoms with E-state index in [1.165, 1.54) is 0 Å². The Labute approximate surface area is 66.3 Å². The van der Waals surface area contributed by atoms with Crippen molar-refractivity contribution < 1.29 is 4.79 Å². The van der Waals surface area contributed by atoms with Crippen molar-refractivity contribution in [1.29, 1.82) is 0 Å². The Morgan fingerprint density at radius 1 is 1.50 bits per heavy atom. The van der Waals surface area contributed by atoms with Crippen molar-refractivity contribution >= 4 is 23.1 Å². The number of hydrogen-bond donors (Lipinski definition) is 1. The summed E-state index contributed by atoms with van der Waals surface area (Å²) in [6.45, 7) is 5.23. The molecule has 0 aromatic carbocycles. The van der Waals surface area contributed by atoms with E-state index in [9.17, 15) is 4.79 Å². The van der Waals surface area contributed by atoms with Gasteiger partial charge in [0.1, 0.15) is 0 Å². The summed E-state index contributed by atoms with van der Waals surface area (Å²) in [6.07, 6.45) is 1.74. The van der Waals surface area contributed by atoms with Crippen LogP contribution in [-0.2, 0) is 4.79 Å². The summed E-state index contributed by atoms with van der Waals surface area (Å²) in [5.41, 5.74) is 0.684. The van der Waals surface area contributed by atoms with E-state index in [4.69, 9.17) is 0 Å². The van der Waals surface area contributed by atoms with Gasteiger partial charge < -0.3 is 5.32 Å². The van der Waals surface area contributed by atoms with Crippen molar-refractivity contribution in [1.82, 2.24) is 5.32 Å². The zero-order chi connectivity index (χ0) is 8.15. The first kappa shape index (κ1) is 9.30. The minimum absolute atomic E-state index is 0.116. The number of carbonyl (C=O) groups excluding carboxylic acids is 1. The largest absolute Gasteiger partial charge is 0.317 e. The molecule has 0 spiro atoms. The maximum atomic E-state index is 10.9. The maximum Gasteiger partial charge on any atom is 0.251 e. The maximum absolute atomic E-state index is 10.9. The number of nitrogens with one attached hydrogen (secondary N) is 1. The summed E-state index contributed by atoms with van der Waals surface area (Å²) >= 11 is 4.68. The summed E-state index contributed by atoms with van der Waals surface area (Å²) < 4.78 is 0. The van der Waals surface area contributed by atoms with E-state index in [0.717, 1.165) is 0 Å². The van der Waals surface area contributed by atoms with Gasteiger partial charge in [-0.1, -0.05) is 18.3 Å². The van der Waals surface area contributed by atoms with Crippen LogP contribution >= 0.6 is 12.2 Å². The minimum atomic E-state index is -0.116.